The number of rotatable bonds is 2. The van der Waals surface area contributed by atoms with Gasteiger partial charge in [0.25, 0.3) is 0 Å². The molecule has 1 N–H and O–H groups in total. The Kier molecular flexibility index (Phi) is 2.66. The molecule has 1 fully saturated rings. The summed E-state index contributed by atoms with van der Waals surface area (Å²) in [6.45, 7) is 4.34. The van der Waals surface area contributed by atoms with Gasteiger partial charge in [-0.2, -0.15) is 0 Å². The van der Waals surface area contributed by atoms with Crippen LogP contribution in [0.2, 0.25) is 0 Å². The molecule has 0 aliphatic heterocycles. The predicted octanol–water partition coefficient (Wildman–Crippen LogP) is 0.879. The molecule has 0 atom stereocenters. The number of hydrogen-bond donors (Lipinski definition) is 1. The van der Waals surface area contributed by atoms with Crippen molar-refractivity contribution < 1.29 is 9.68 Å². The Bertz CT molecular complexity index is 157. The van der Waals surface area contributed by atoms with Crippen molar-refractivity contribution in [1.82, 2.24) is 0 Å². The van der Waals surface area contributed by atoms with Crippen LogP contribution in [0.15, 0.2) is 0 Å². The highest BCUT2D eigenvalue weighted by Gasteiger charge is 2.28. The van der Waals surface area contributed by atoms with Gasteiger partial charge in [0.05, 0.1) is 6.10 Å². The van der Waals surface area contributed by atoms with Crippen molar-refractivity contribution in [2.45, 2.75) is 38.8 Å². The number of hydrogen-bond acceptors (Lipinski definition) is 1. The first kappa shape index (κ1) is 8.72. The van der Waals surface area contributed by atoms with E-state index in [2.05, 4.69) is 31.7 Å². The van der Waals surface area contributed by atoms with Crippen molar-refractivity contribution >= 4 is 6.21 Å². The molecule has 0 bridgehead atoms. The van der Waals surface area contributed by atoms with Gasteiger partial charge in [-0.05, 0) is 26.7 Å². The molecule has 0 aromatic rings. The van der Waals surface area contributed by atoms with Crippen molar-refractivity contribution in [3.05, 3.63) is 0 Å². The molecule has 2 heteroatoms. The fourth-order valence-electron chi connectivity index (χ4n) is 1.26. The topological polar surface area (TPSA) is 23.2 Å². The van der Waals surface area contributed by atoms with Crippen LogP contribution in [0, 0.1) is 5.92 Å². The van der Waals surface area contributed by atoms with E-state index in [0.29, 0.717) is 12.0 Å². The maximum absolute atomic E-state index is 9.03. The van der Waals surface area contributed by atoms with Crippen LogP contribution in [0.4, 0.5) is 0 Å². The van der Waals surface area contributed by atoms with Gasteiger partial charge in [-0.15, -0.1) is 0 Å². The molecular weight excluding hydrogens is 138 g/mol. The van der Waals surface area contributed by atoms with E-state index in [4.69, 9.17) is 5.11 Å². The number of aliphatic hydroxyl groups is 1. The Morgan fingerprint density at radius 1 is 1.45 bits per heavy atom. The fourth-order valence-corrected chi connectivity index (χ4v) is 1.26. The van der Waals surface area contributed by atoms with Crippen LogP contribution in [-0.2, 0) is 0 Å². The molecule has 1 saturated carbocycles. The van der Waals surface area contributed by atoms with E-state index >= 15 is 0 Å². The van der Waals surface area contributed by atoms with E-state index in [1.54, 1.807) is 0 Å². The zero-order chi connectivity index (χ0) is 8.43. The monoisotopic (exact) mass is 156 g/mol. The Morgan fingerprint density at radius 2 is 2.00 bits per heavy atom. The third-order valence-electron chi connectivity index (χ3n) is 2.41. The van der Waals surface area contributed by atoms with Gasteiger partial charge in [-0.25, -0.2) is 4.58 Å². The molecule has 0 radical (unpaired) electrons. The summed E-state index contributed by atoms with van der Waals surface area (Å²) in [4.78, 5) is 0. The van der Waals surface area contributed by atoms with Crippen molar-refractivity contribution in [3.8, 4) is 0 Å². The first-order valence-corrected chi connectivity index (χ1v) is 4.34. The predicted molar refractivity (Wildman–Crippen MR) is 46.1 cm³/mol. The summed E-state index contributed by atoms with van der Waals surface area (Å²) in [6.07, 6.45) is 4.11. The van der Waals surface area contributed by atoms with E-state index in [0.717, 1.165) is 12.8 Å². The summed E-state index contributed by atoms with van der Waals surface area (Å²) < 4.78 is 2.22. The Labute approximate surface area is 68.6 Å². The van der Waals surface area contributed by atoms with Crippen LogP contribution in [0.3, 0.4) is 0 Å². The minimum absolute atomic E-state index is 0.0307. The van der Waals surface area contributed by atoms with E-state index in [1.807, 2.05) is 0 Å². The molecule has 0 aromatic carbocycles. The van der Waals surface area contributed by atoms with Crippen molar-refractivity contribution in [3.63, 3.8) is 0 Å². The highest BCUT2D eigenvalue weighted by molar-refractivity contribution is 5.56. The van der Waals surface area contributed by atoms with Gasteiger partial charge in [0.1, 0.15) is 19.3 Å². The second kappa shape index (κ2) is 3.35. The molecule has 0 heterocycles. The van der Waals surface area contributed by atoms with E-state index < -0.39 is 0 Å². The fraction of sp³-hybridized carbons (Fsp3) is 0.889. The first-order chi connectivity index (χ1) is 5.09. The van der Waals surface area contributed by atoms with Gasteiger partial charge in [0.15, 0.2) is 0 Å². The molecule has 0 saturated heterocycles. The molecule has 0 spiro atoms. The molecule has 0 amide bonds. The maximum Gasteiger partial charge on any atom is 0.146 e. The van der Waals surface area contributed by atoms with Gasteiger partial charge in [-0.1, -0.05) is 0 Å². The average Bonchev–Trinajstić information content (AvgIpc) is 1.84. The lowest BCUT2D eigenvalue weighted by Gasteiger charge is -2.26. The van der Waals surface area contributed by atoms with Crippen LogP contribution in [-0.4, -0.2) is 35.1 Å². The standard InChI is InChI=1S/C9H18NO/c1-7(2)10(3)6-8-4-9(11)5-8/h6-9,11H,4-5H2,1-3H3/q+1. The van der Waals surface area contributed by atoms with Crippen LogP contribution in [0.1, 0.15) is 26.7 Å². The quantitative estimate of drug-likeness (QED) is 0.465. The zero-order valence-corrected chi connectivity index (χ0v) is 7.62. The van der Waals surface area contributed by atoms with Crippen LogP contribution >= 0.6 is 0 Å². The Balaban J connectivity index is 2.34. The summed E-state index contributed by atoms with van der Waals surface area (Å²) >= 11 is 0. The SMILES string of the molecule is CC(C)[N+](C)=CC1CC(O)C1. The van der Waals surface area contributed by atoms with E-state index in [-0.39, 0.29) is 6.10 Å². The lowest BCUT2D eigenvalue weighted by Crippen LogP contribution is -2.33. The number of aliphatic hydroxyl groups excluding tert-OH is 1. The third kappa shape index (κ3) is 2.29. The highest BCUT2D eigenvalue weighted by atomic mass is 16.3. The Morgan fingerprint density at radius 3 is 2.36 bits per heavy atom. The molecule has 11 heavy (non-hydrogen) atoms. The summed E-state index contributed by atoms with van der Waals surface area (Å²) in [6, 6.07) is 0.577. The van der Waals surface area contributed by atoms with Crippen LogP contribution in [0.5, 0.6) is 0 Å². The molecule has 2 nitrogen and oxygen atoms in total. The largest absolute Gasteiger partial charge is 0.393 e. The normalized spacial score (nSPS) is 32.3. The van der Waals surface area contributed by atoms with Crippen LogP contribution < -0.4 is 0 Å². The molecule has 0 aromatic heterocycles. The molecule has 0 unspecified atom stereocenters. The first-order valence-electron chi connectivity index (χ1n) is 4.34. The molecular formula is C9H18NO+. The summed E-state index contributed by atoms with van der Waals surface area (Å²) in [5.41, 5.74) is 0. The van der Waals surface area contributed by atoms with E-state index in [1.165, 1.54) is 0 Å². The minimum atomic E-state index is -0.0307. The van der Waals surface area contributed by atoms with Gasteiger partial charge >= 0.3 is 0 Å². The zero-order valence-electron chi connectivity index (χ0n) is 7.62. The summed E-state index contributed by atoms with van der Waals surface area (Å²) in [5.74, 6) is 0.623. The summed E-state index contributed by atoms with van der Waals surface area (Å²) in [5, 5.41) is 9.03. The van der Waals surface area contributed by atoms with Gasteiger partial charge in [0, 0.05) is 5.92 Å². The number of nitrogens with zero attached hydrogens (tertiary/aromatic N) is 1. The van der Waals surface area contributed by atoms with Gasteiger partial charge in [0.2, 0.25) is 0 Å². The van der Waals surface area contributed by atoms with Crippen molar-refractivity contribution in [1.29, 1.82) is 0 Å². The maximum atomic E-state index is 9.03. The molecule has 1 aliphatic rings. The van der Waals surface area contributed by atoms with Gasteiger partial charge < -0.3 is 5.11 Å². The van der Waals surface area contributed by atoms with Gasteiger partial charge in [-0.3, -0.25) is 0 Å². The lowest BCUT2D eigenvalue weighted by molar-refractivity contribution is -0.527. The lowest BCUT2D eigenvalue weighted by atomic mass is 9.83. The second-order valence-corrected chi connectivity index (χ2v) is 3.79. The third-order valence-corrected chi connectivity index (χ3v) is 2.41. The average molecular weight is 156 g/mol. The summed E-state index contributed by atoms with van der Waals surface area (Å²) in [7, 11) is 2.09. The van der Waals surface area contributed by atoms with Crippen LogP contribution in [0.25, 0.3) is 0 Å². The smallest absolute Gasteiger partial charge is 0.146 e. The highest BCUT2D eigenvalue weighted by Crippen LogP contribution is 2.24. The minimum Gasteiger partial charge on any atom is -0.393 e. The van der Waals surface area contributed by atoms with Crippen molar-refractivity contribution in [2.24, 2.45) is 5.92 Å². The van der Waals surface area contributed by atoms with E-state index in [9.17, 15) is 0 Å². The molecule has 1 aliphatic carbocycles. The molecule has 1 rings (SSSR count). The second-order valence-electron chi connectivity index (χ2n) is 3.79. The molecule has 64 valence electrons. The Hall–Kier alpha value is -0.370. The van der Waals surface area contributed by atoms with Crippen molar-refractivity contribution in [2.75, 3.05) is 7.05 Å².